The van der Waals surface area contributed by atoms with E-state index in [0.29, 0.717) is 16.6 Å². The van der Waals surface area contributed by atoms with Gasteiger partial charge in [-0.15, -0.1) is 0 Å². The van der Waals surface area contributed by atoms with E-state index in [0.717, 1.165) is 23.0 Å². The molecule has 0 radical (unpaired) electrons. The van der Waals surface area contributed by atoms with Gasteiger partial charge >= 0.3 is 18.2 Å². The highest BCUT2D eigenvalue weighted by Crippen LogP contribution is 2.41. The Balaban J connectivity index is 1.38. The van der Waals surface area contributed by atoms with Crippen LogP contribution in [-0.2, 0) is 27.1 Å². The molecule has 5 rings (SSSR count). The summed E-state index contributed by atoms with van der Waals surface area (Å²) < 4.78 is 48.0. The van der Waals surface area contributed by atoms with E-state index in [1.165, 1.54) is 12.4 Å². The number of carbonyl (C=O) groups excluding carboxylic acids is 2. The molecule has 1 aliphatic rings. The molecule has 3 N–H and O–H groups in total. The number of halogens is 3. The average Bonchev–Trinajstić information content (AvgIpc) is 3.39. The van der Waals surface area contributed by atoms with Gasteiger partial charge in [0.2, 0.25) is 0 Å². The summed E-state index contributed by atoms with van der Waals surface area (Å²) in [6.45, 7) is -0.349. The van der Waals surface area contributed by atoms with Crippen LogP contribution in [0.5, 0.6) is 0 Å². The van der Waals surface area contributed by atoms with E-state index in [2.05, 4.69) is 25.6 Å². The predicted molar refractivity (Wildman–Crippen MR) is 132 cm³/mol. The molecule has 0 saturated heterocycles. The fraction of sp³-hybridized carbons (Fsp3) is 0.120. The standard InChI is InChI=1S/C25H17F3N6O5/c26-25(27,28)15-7-18-19(32-22(23(36)37)20(10-35)31-18)8-21(15)34-9-13(30-12-34)11-39-24(38)33-17-5-6-29-16-4-2-1-3-14(16)17/h1-10,12,20,31H,11H2,(H,36,37)(H,29,33,38). The Kier molecular flexibility index (Phi) is 6.44. The van der Waals surface area contributed by atoms with Gasteiger partial charge in [-0.2, -0.15) is 13.2 Å². The number of para-hydroxylation sites is 1. The van der Waals surface area contributed by atoms with E-state index in [4.69, 9.17) is 4.74 Å². The number of pyridine rings is 1. The number of aldehydes is 1. The summed E-state index contributed by atoms with van der Waals surface area (Å²) in [5, 5.41) is 15.1. The number of anilines is 2. The van der Waals surface area contributed by atoms with Crippen LogP contribution in [-0.4, -0.2) is 49.7 Å². The molecule has 0 aliphatic carbocycles. The zero-order chi connectivity index (χ0) is 27.7. The summed E-state index contributed by atoms with van der Waals surface area (Å²) in [7, 11) is 0. The monoisotopic (exact) mass is 538 g/mol. The molecular formula is C25H17F3N6O5. The average molecular weight is 538 g/mol. The van der Waals surface area contributed by atoms with E-state index in [9.17, 15) is 32.7 Å². The van der Waals surface area contributed by atoms with Crippen molar-refractivity contribution in [2.24, 2.45) is 4.99 Å². The SMILES string of the molecule is O=CC1Nc2cc(C(F)(F)F)c(-n3cnc(COC(=O)Nc4ccnc5ccccc45)c3)cc2N=C1C(=O)O. The number of nitrogens with one attached hydrogen (secondary N) is 2. The molecule has 0 saturated carbocycles. The van der Waals surface area contributed by atoms with Crippen molar-refractivity contribution in [3.63, 3.8) is 0 Å². The van der Waals surface area contributed by atoms with Crippen molar-refractivity contribution in [3.8, 4) is 5.69 Å². The fourth-order valence-electron chi connectivity index (χ4n) is 4.00. The molecule has 1 atom stereocenters. The second-order valence-electron chi connectivity index (χ2n) is 8.29. The molecule has 1 aliphatic heterocycles. The second kappa shape index (κ2) is 9.89. The van der Waals surface area contributed by atoms with Crippen LogP contribution < -0.4 is 10.6 Å². The van der Waals surface area contributed by atoms with Gasteiger partial charge in [-0.1, -0.05) is 18.2 Å². The number of carboxylic acid groups (broad SMARTS) is 1. The number of nitrogens with zero attached hydrogens (tertiary/aromatic N) is 4. The predicted octanol–water partition coefficient (Wildman–Crippen LogP) is 4.34. The van der Waals surface area contributed by atoms with Gasteiger partial charge in [-0.25, -0.2) is 19.6 Å². The maximum absolute atomic E-state index is 13.9. The highest BCUT2D eigenvalue weighted by Gasteiger charge is 2.37. The highest BCUT2D eigenvalue weighted by atomic mass is 19.4. The van der Waals surface area contributed by atoms with Crippen LogP contribution in [0.25, 0.3) is 16.6 Å². The lowest BCUT2D eigenvalue weighted by Gasteiger charge is -2.24. The van der Waals surface area contributed by atoms with Crippen molar-refractivity contribution in [2.75, 3.05) is 10.6 Å². The van der Waals surface area contributed by atoms with E-state index < -0.39 is 41.2 Å². The van der Waals surface area contributed by atoms with Crippen LogP contribution in [0.3, 0.4) is 0 Å². The van der Waals surface area contributed by atoms with Crippen molar-refractivity contribution in [1.29, 1.82) is 0 Å². The number of ether oxygens (including phenoxy) is 1. The second-order valence-corrected chi connectivity index (χ2v) is 8.29. The number of hydrogen-bond acceptors (Lipinski definition) is 8. The van der Waals surface area contributed by atoms with Crippen LogP contribution in [0.2, 0.25) is 0 Å². The lowest BCUT2D eigenvalue weighted by Crippen LogP contribution is -2.38. The Labute approximate surface area is 217 Å². The molecule has 39 heavy (non-hydrogen) atoms. The number of alkyl halides is 3. The first-order chi connectivity index (χ1) is 18.6. The largest absolute Gasteiger partial charge is 0.477 e. The molecule has 3 heterocycles. The molecule has 14 heteroatoms. The molecule has 0 bridgehead atoms. The van der Waals surface area contributed by atoms with Gasteiger partial charge in [-0.05, 0) is 24.3 Å². The van der Waals surface area contributed by atoms with Crippen LogP contribution in [0.15, 0.2) is 66.2 Å². The molecular weight excluding hydrogens is 521 g/mol. The number of aliphatic carboxylic acids is 1. The van der Waals surface area contributed by atoms with Crippen LogP contribution in [0, 0.1) is 0 Å². The summed E-state index contributed by atoms with van der Waals surface area (Å²) in [6.07, 6.45) is -1.53. The zero-order valence-electron chi connectivity index (χ0n) is 19.6. The van der Waals surface area contributed by atoms with Crippen molar-refractivity contribution in [2.45, 2.75) is 18.8 Å². The maximum atomic E-state index is 13.9. The number of aromatic nitrogens is 3. The van der Waals surface area contributed by atoms with Crippen LogP contribution >= 0.6 is 0 Å². The highest BCUT2D eigenvalue weighted by molar-refractivity contribution is 6.42. The first kappa shape index (κ1) is 25.4. The molecule has 1 amide bonds. The van der Waals surface area contributed by atoms with E-state index in [-0.39, 0.29) is 30.0 Å². The van der Waals surface area contributed by atoms with Crippen molar-refractivity contribution in [1.82, 2.24) is 14.5 Å². The number of fused-ring (bicyclic) bond motifs is 2. The van der Waals surface area contributed by atoms with Gasteiger partial charge in [0.1, 0.15) is 18.9 Å². The topological polar surface area (TPSA) is 148 Å². The molecule has 0 fully saturated rings. The zero-order valence-corrected chi connectivity index (χ0v) is 19.6. The summed E-state index contributed by atoms with van der Waals surface area (Å²) in [5.41, 5.74) is -1.03. The minimum absolute atomic E-state index is 0.107. The van der Waals surface area contributed by atoms with Gasteiger partial charge in [-0.3, -0.25) is 10.3 Å². The Bertz CT molecular complexity index is 1640. The number of amides is 1. The van der Waals surface area contributed by atoms with Gasteiger partial charge < -0.3 is 24.5 Å². The number of carboxylic acids is 1. The number of rotatable bonds is 6. The van der Waals surface area contributed by atoms with Gasteiger partial charge in [0, 0.05) is 17.8 Å². The molecule has 0 spiro atoms. The third-order valence-corrected chi connectivity index (χ3v) is 5.77. The minimum Gasteiger partial charge on any atom is -0.477 e. The number of hydrogen-bond donors (Lipinski definition) is 3. The molecule has 2 aromatic carbocycles. The number of carbonyl (C=O) groups is 3. The first-order valence-corrected chi connectivity index (χ1v) is 11.2. The summed E-state index contributed by atoms with van der Waals surface area (Å²) in [4.78, 5) is 47.1. The molecule has 4 aromatic rings. The van der Waals surface area contributed by atoms with Gasteiger partial charge in [0.25, 0.3) is 0 Å². The molecule has 2 aromatic heterocycles. The number of imidazole rings is 1. The summed E-state index contributed by atoms with van der Waals surface area (Å²) in [5.74, 6) is -1.49. The summed E-state index contributed by atoms with van der Waals surface area (Å²) >= 11 is 0. The lowest BCUT2D eigenvalue weighted by molar-refractivity contribution is -0.137. The van der Waals surface area contributed by atoms with Crippen LogP contribution in [0.4, 0.5) is 35.0 Å². The van der Waals surface area contributed by atoms with Crippen molar-refractivity contribution in [3.05, 3.63) is 72.4 Å². The molecule has 1 unspecified atom stereocenters. The van der Waals surface area contributed by atoms with E-state index >= 15 is 0 Å². The third-order valence-electron chi connectivity index (χ3n) is 5.77. The first-order valence-electron chi connectivity index (χ1n) is 11.2. The smallest absolute Gasteiger partial charge is 0.418 e. The Hall–Kier alpha value is -5.27. The summed E-state index contributed by atoms with van der Waals surface area (Å²) in [6, 6.07) is 9.10. The molecule has 198 valence electrons. The van der Waals surface area contributed by atoms with Gasteiger partial charge in [0.15, 0.2) is 5.71 Å². The number of aliphatic imine (C=N–C) groups is 1. The Morgan fingerprint density at radius 3 is 2.72 bits per heavy atom. The normalized spacial score (nSPS) is 14.6. The van der Waals surface area contributed by atoms with E-state index in [1.54, 1.807) is 30.3 Å². The number of benzene rings is 2. The fourth-order valence-corrected chi connectivity index (χ4v) is 4.00. The molecule has 11 nitrogen and oxygen atoms in total. The van der Waals surface area contributed by atoms with Crippen molar-refractivity contribution >= 4 is 52.0 Å². The Morgan fingerprint density at radius 2 is 1.97 bits per heavy atom. The third kappa shape index (κ3) is 5.12. The minimum atomic E-state index is -4.81. The lowest BCUT2D eigenvalue weighted by atomic mass is 10.0. The van der Waals surface area contributed by atoms with E-state index in [1.807, 2.05) is 0 Å². The van der Waals surface area contributed by atoms with Crippen LogP contribution in [0.1, 0.15) is 11.3 Å². The van der Waals surface area contributed by atoms with Crippen molar-refractivity contribution < 1.29 is 37.4 Å². The van der Waals surface area contributed by atoms with Gasteiger partial charge in [0.05, 0.1) is 45.9 Å². The maximum Gasteiger partial charge on any atom is 0.418 e. The quantitative estimate of drug-likeness (QED) is 0.307. The Morgan fingerprint density at radius 1 is 1.18 bits per heavy atom.